The molecule has 7 heterocycles. The van der Waals surface area contributed by atoms with Gasteiger partial charge in [0.2, 0.25) is 35.1 Å². The van der Waals surface area contributed by atoms with Gasteiger partial charge in [-0.3, -0.25) is 49.6 Å². The van der Waals surface area contributed by atoms with Crippen molar-refractivity contribution in [3.63, 3.8) is 0 Å². The molecule has 0 spiro atoms. The maximum atomic E-state index is 12.8. The summed E-state index contributed by atoms with van der Waals surface area (Å²) in [6.45, 7) is 22.5. The Morgan fingerprint density at radius 2 is 1.06 bits per heavy atom. The number of rotatable bonds is 24. The van der Waals surface area contributed by atoms with E-state index in [1.54, 1.807) is 129 Å². The number of nitrogens with zero attached hydrogens (tertiary/aromatic N) is 11. The first-order valence-electron chi connectivity index (χ1n) is 37.7. The van der Waals surface area contributed by atoms with E-state index in [0.717, 1.165) is 32.4 Å². The molecule has 0 atom stereocenters. The summed E-state index contributed by atoms with van der Waals surface area (Å²) in [6, 6.07) is 34.5. The number of hydrogen-bond acceptors (Lipinski definition) is 29. The van der Waals surface area contributed by atoms with Crippen molar-refractivity contribution < 1.29 is 104 Å². The molecule has 0 fully saturated rings. The molecule has 0 aliphatic carbocycles. The molecule has 5 aromatic heterocycles. The Kier molecular flexibility index (Phi) is 48.5. The summed E-state index contributed by atoms with van der Waals surface area (Å²) >= 11 is 12.7. The molecule has 0 saturated heterocycles. The Hall–Kier alpha value is -13.3. The number of nitrogen functional groups attached to an aromatic ring is 4. The van der Waals surface area contributed by atoms with Crippen LogP contribution >= 0.6 is 39.1 Å². The fourth-order valence-electron chi connectivity index (χ4n) is 11.0. The zero-order valence-electron chi connectivity index (χ0n) is 68.0. The number of pyridine rings is 4. The van der Waals surface area contributed by atoms with Gasteiger partial charge in [-0.05, 0) is 133 Å². The third-order valence-corrected chi connectivity index (χ3v) is 16.7. The first kappa shape index (κ1) is 107. The number of aliphatic hydroxyl groups excluding tert-OH is 1. The Labute approximate surface area is 762 Å². The van der Waals surface area contributed by atoms with Gasteiger partial charge in [-0.1, -0.05) is 125 Å². The Balaban J connectivity index is 0.000000552. The number of aromatic nitrogens is 6. The fraction of sp³-hybridized carbons (Fsp3) is 0.294. The smallest absolute Gasteiger partial charge is 0.414 e. The molecule has 10 N–H and O–H groups in total. The number of imidazole rings is 1. The van der Waals surface area contributed by atoms with Crippen molar-refractivity contribution in [3.05, 3.63) is 264 Å². The Morgan fingerprint density at radius 3 is 1.54 bits per heavy atom. The maximum absolute atomic E-state index is 12.8. The van der Waals surface area contributed by atoms with Gasteiger partial charge in [0.25, 0.3) is 0 Å². The fourth-order valence-corrected chi connectivity index (χ4v) is 11.5. The van der Waals surface area contributed by atoms with Crippen molar-refractivity contribution in [2.24, 2.45) is 0 Å². The van der Waals surface area contributed by atoms with Crippen LogP contribution in [-0.2, 0) is 61.5 Å². The van der Waals surface area contributed by atoms with Crippen LogP contribution in [0.3, 0.4) is 0 Å². The van der Waals surface area contributed by atoms with E-state index in [1.807, 2.05) is 48.6 Å². The summed E-state index contributed by atoms with van der Waals surface area (Å²) in [5.74, 6) is 2.25. The first-order chi connectivity index (χ1) is 59.3. The Morgan fingerprint density at radius 1 is 0.595 bits per heavy atom. The van der Waals surface area contributed by atoms with E-state index in [0.29, 0.717) is 110 Å². The second-order valence-electron chi connectivity index (χ2n) is 25.0. The van der Waals surface area contributed by atoms with E-state index in [1.165, 1.54) is 18.2 Å². The number of H-pyrrole nitrogens is 1. The first-order valence-corrected chi connectivity index (χ1v) is 39.6. The van der Waals surface area contributed by atoms with Gasteiger partial charge in [-0.15, -0.1) is 36.4 Å². The number of alkyl halides is 2. The van der Waals surface area contributed by atoms with Crippen LogP contribution in [0, 0.1) is 30.3 Å². The molecule has 9 aromatic rings. The molecule has 2 aliphatic rings. The molecular formula is C85H105BrCl2N16O21W. The number of ether oxygens (including phenoxy) is 10. The number of aromatic amines is 1. The molecule has 3 amide bonds. The molecule has 4 aromatic carbocycles. The number of benzene rings is 4. The third-order valence-electron chi connectivity index (χ3n) is 16.3. The minimum atomic E-state index is -0.782. The SMILES string of the molecule is C.C.C=CCCO.C=CCCOc1cc(N(Cc2cccc(OCC=C)c2)C(=O)OCC)c([N+](=O)[O-])c(N)n1.C=CCOc1cccc(CN(C(=O)OCC)c2cc(Br)nc(N)c2[N+](=O)[O-])c1.CCOC(=O)N1Cc2cccc(c2)OC/C=C/CCOc2cc1c([N+](=O)[O-])c(N)n2.ClCCl.Nc1nc2cc3c1[nH]c(=O)n3Cc1cccc(c1)OC/C=C/CCO2.[2HH].[W]. The monoisotopic (exact) mass is 2020 g/mol. The summed E-state index contributed by atoms with van der Waals surface area (Å²) < 4.78 is 56.4. The van der Waals surface area contributed by atoms with Crippen LogP contribution in [-0.4, -0.2) is 146 Å². The quantitative estimate of drug-likeness (QED) is 0.00622. The van der Waals surface area contributed by atoms with E-state index in [2.05, 4.69) is 67.2 Å². The normalized spacial score (nSPS) is 12.0. The molecule has 0 unspecified atom stereocenters. The van der Waals surface area contributed by atoms with Crippen LogP contribution in [0.15, 0.2) is 206 Å². The number of aliphatic hydroxyl groups is 1. The minimum absolute atomic E-state index is 0. The molecule has 0 radical (unpaired) electrons. The van der Waals surface area contributed by atoms with Gasteiger partial charge in [0, 0.05) is 53.4 Å². The van der Waals surface area contributed by atoms with Crippen molar-refractivity contribution in [1.29, 1.82) is 0 Å². The van der Waals surface area contributed by atoms with Crippen LogP contribution in [0.4, 0.5) is 71.8 Å². The Bertz CT molecular complexity index is 5230. The van der Waals surface area contributed by atoms with Crippen molar-refractivity contribution >= 4 is 126 Å². The number of carbonyl (C=O) groups excluding carboxylic acids is 3. The molecule has 126 heavy (non-hydrogen) atoms. The van der Waals surface area contributed by atoms with Crippen LogP contribution < -0.4 is 76.5 Å². The van der Waals surface area contributed by atoms with Crippen LogP contribution in [0.25, 0.3) is 11.0 Å². The van der Waals surface area contributed by atoms with E-state index in [9.17, 15) is 49.5 Å². The summed E-state index contributed by atoms with van der Waals surface area (Å²) in [5, 5.41) is 43.2. The zero-order chi connectivity index (χ0) is 89.8. The van der Waals surface area contributed by atoms with Crippen molar-refractivity contribution in [1.82, 2.24) is 29.5 Å². The van der Waals surface area contributed by atoms with Gasteiger partial charge in [-0.2, -0.15) is 15.0 Å². The van der Waals surface area contributed by atoms with E-state index < -0.39 is 50.1 Å². The van der Waals surface area contributed by atoms with Crippen LogP contribution in [0.1, 0.15) is 85.0 Å². The molecular weight excluding hydrogens is 1920 g/mol. The molecule has 41 heteroatoms. The second kappa shape index (κ2) is 57.2. The molecule has 11 rings (SSSR count). The second-order valence-corrected chi connectivity index (χ2v) is 26.6. The van der Waals surface area contributed by atoms with E-state index in [4.69, 9.17) is 98.6 Å². The summed E-state index contributed by atoms with van der Waals surface area (Å²) in [5.41, 5.74) is 25.7. The largest absolute Gasteiger partial charge is 0.490 e. The average molecular weight is 2020 g/mol. The van der Waals surface area contributed by atoms with Gasteiger partial charge < -0.3 is 80.4 Å². The number of nitrogens with one attached hydrogen (secondary N) is 1. The summed E-state index contributed by atoms with van der Waals surface area (Å²) in [7, 11) is 0. The van der Waals surface area contributed by atoms with E-state index >= 15 is 0 Å². The third kappa shape index (κ3) is 33.7. The predicted octanol–water partition coefficient (Wildman–Crippen LogP) is 17.3. The topological polar surface area (TPSA) is 496 Å². The molecule has 678 valence electrons. The number of hydrogen-bond donors (Lipinski definition) is 6. The van der Waals surface area contributed by atoms with Gasteiger partial charge >= 0.3 is 41.0 Å². The number of carbonyl (C=O) groups is 3. The van der Waals surface area contributed by atoms with Gasteiger partial charge in [0.1, 0.15) is 76.6 Å². The number of fused-ring (bicyclic) bond motifs is 7. The van der Waals surface area contributed by atoms with E-state index in [-0.39, 0.29) is 164 Å². The predicted molar refractivity (Wildman–Crippen MR) is 488 cm³/mol. The van der Waals surface area contributed by atoms with Crippen molar-refractivity contribution in [3.8, 4) is 40.6 Å². The minimum Gasteiger partial charge on any atom is -0.490 e. The zero-order valence-corrected chi connectivity index (χ0v) is 74.1. The molecule has 2 aliphatic heterocycles. The van der Waals surface area contributed by atoms with Crippen LogP contribution in [0.2, 0.25) is 0 Å². The van der Waals surface area contributed by atoms with Crippen molar-refractivity contribution in [2.75, 3.05) is 116 Å². The van der Waals surface area contributed by atoms with Gasteiger partial charge in [0.05, 0.1) is 91.4 Å². The van der Waals surface area contributed by atoms with Crippen LogP contribution in [0.5, 0.6) is 40.6 Å². The molecule has 0 saturated carbocycles. The summed E-state index contributed by atoms with van der Waals surface area (Å²) in [6.07, 6.45) is 14.5. The average Bonchev–Trinajstić information content (AvgIpc) is 1.63. The van der Waals surface area contributed by atoms with Gasteiger partial charge in [-0.25, -0.2) is 24.2 Å². The maximum Gasteiger partial charge on any atom is 0.414 e. The standard InChI is InChI=1S/C22H26N4O6.C20H22N4O6.C18H19BrN4O5.C18H18N4O3.C4H8O.CH2Cl2.2CH4.W.H2/c1-4-7-12-32-19-14-18(20(26(28)29)21(23)24-19)25(22(27)30-6-3)15-16-9-8-10-17(13-16)31-11-5-2;1-2-28-20(25)23-13-14-7-6-8-15(11-14)29-9-4-3-5-10-30-17-12-16(23)18(24(26)27)19(21)22-17;1-3-8-28-13-7-5-6-12(9-13)11-22(18(24)27-4-2)14-10-15(19)21-17(20)16(14)23(25)26;19-17-16-14-10-15(20-17)25-8-3-1-2-7-24-13-6-4-5-12(9-13)11-22(14)18(23)21-16;1-2-3-4-5;2-1-3;;;;/h4-5,8-10,13-14H,1-2,6-7,11-12,15H2,3H3,(H2,23,24);3-4,6-8,11-12H,2,5,9-10,13H2,1H3,(H2,21,22);3,5-7,9-10H,1,4,8,11H2,2H3,(H2,20,21);1-2,4-6,9-10H,3,7-8,11H2,(H2,19,20)(H,21,23);2,5H,1,3-4H2;1H2;2*1H4;;1H/b;4-3+;;2-1+;;;;;;/i;;;;;;;;;1+1. The number of halogens is 3. The number of anilines is 7. The number of nitrogens with two attached hydrogens (primary N) is 4. The molecule has 37 nitrogen and oxygen atoms in total. The number of nitro groups is 3. The number of amides is 3. The summed E-state index contributed by atoms with van der Waals surface area (Å²) in [4.78, 5) is 105. The van der Waals surface area contributed by atoms with Crippen molar-refractivity contribution in [2.45, 2.75) is 87.5 Å². The molecule has 8 bridgehead atoms. The van der Waals surface area contributed by atoms with Gasteiger partial charge in [0.15, 0.2) is 5.82 Å².